The molecule has 106 valence electrons. The Morgan fingerprint density at radius 2 is 2.42 bits per heavy atom. The van der Waals surface area contributed by atoms with Crippen LogP contribution in [0.4, 0.5) is 11.5 Å². The Kier molecular flexibility index (Phi) is 3.72. The minimum Gasteiger partial charge on any atom is -0.386 e. The van der Waals surface area contributed by atoms with Crippen molar-refractivity contribution in [2.45, 2.75) is 32.4 Å². The third-order valence-electron chi connectivity index (χ3n) is 3.25. The minimum absolute atomic E-state index is 0.0376. The van der Waals surface area contributed by atoms with Gasteiger partial charge in [-0.25, -0.2) is 4.68 Å². The number of anilines is 1. The number of nitrogens with zero attached hydrogens (tertiary/aromatic N) is 3. The Bertz CT molecular complexity index is 479. The molecule has 2 heterocycles. The van der Waals surface area contributed by atoms with Gasteiger partial charge in [0.05, 0.1) is 11.5 Å². The van der Waals surface area contributed by atoms with Crippen LogP contribution in [-0.4, -0.2) is 45.2 Å². The molecule has 1 aliphatic rings. The molecule has 8 nitrogen and oxygen atoms in total. The first-order valence-electron chi connectivity index (χ1n) is 6.22. The van der Waals surface area contributed by atoms with Gasteiger partial charge in [-0.15, -0.1) is 0 Å². The summed E-state index contributed by atoms with van der Waals surface area (Å²) < 4.78 is 6.68. The van der Waals surface area contributed by atoms with Crippen molar-refractivity contribution in [2.24, 2.45) is 0 Å². The van der Waals surface area contributed by atoms with Crippen LogP contribution < -0.4 is 5.32 Å². The standard InChI is InChI=1S/C11H18N4O4/c1-3-14-10(9(15(17)18)8(2)13-14)12-6-11(16)4-5-19-7-11/h12,16H,3-7H2,1-2H3. The molecule has 2 N–H and O–H groups in total. The van der Waals surface area contributed by atoms with Crippen molar-refractivity contribution in [2.75, 3.05) is 25.1 Å². The summed E-state index contributed by atoms with van der Waals surface area (Å²) in [4.78, 5) is 10.6. The number of hydrogen-bond acceptors (Lipinski definition) is 6. The molecule has 1 aromatic heterocycles. The second-order valence-electron chi connectivity index (χ2n) is 4.74. The van der Waals surface area contributed by atoms with Crippen LogP contribution in [0.5, 0.6) is 0 Å². The van der Waals surface area contributed by atoms with Crippen LogP contribution in [0, 0.1) is 17.0 Å². The van der Waals surface area contributed by atoms with E-state index < -0.39 is 10.5 Å². The van der Waals surface area contributed by atoms with E-state index in [0.717, 1.165) is 0 Å². The molecule has 8 heteroatoms. The molecule has 1 fully saturated rings. The number of ether oxygens (including phenoxy) is 1. The van der Waals surface area contributed by atoms with Crippen LogP contribution in [0.25, 0.3) is 0 Å². The van der Waals surface area contributed by atoms with Gasteiger partial charge < -0.3 is 15.2 Å². The molecule has 1 aliphatic heterocycles. The number of nitro groups is 1. The molecule has 19 heavy (non-hydrogen) atoms. The number of nitrogens with one attached hydrogen (secondary N) is 1. The van der Waals surface area contributed by atoms with Crippen LogP contribution >= 0.6 is 0 Å². The molecule has 0 saturated carbocycles. The average molecular weight is 270 g/mol. The number of aromatic nitrogens is 2. The Labute approximate surface area is 110 Å². The molecule has 1 unspecified atom stereocenters. The average Bonchev–Trinajstić information content (AvgIpc) is 2.91. The molecular formula is C11H18N4O4. The second-order valence-corrected chi connectivity index (χ2v) is 4.74. The van der Waals surface area contributed by atoms with Crippen molar-refractivity contribution >= 4 is 11.5 Å². The fourth-order valence-electron chi connectivity index (χ4n) is 2.18. The zero-order chi connectivity index (χ0) is 14.0. The lowest BCUT2D eigenvalue weighted by Gasteiger charge is -2.21. The lowest BCUT2D eigenvalue weighted by atomic mass is 10.0. The molecule has 1 atom stereocenters. The fourth-order valence-corrected chi connectivity index (χ4v) is 2.18. The summed E-state index contributed by atoms with van der Waals surface area (Å²) in [5.74, 6) is 0.338. The number of rotatable bonds is 5. The number of aryl methyl sites for hydroxylation is 2. The summed E-state index contributed by atoms with van der Waals surface area (Å²) in [5.41, 5.74) is -0.640. The van der Waals surface area contributed by atoms with Crippen LogP contribution in [0.15, 0.2) is 0 Å². The second kappa shape index (κ2) is 5.14. The molecule has 1 aromatic rings. The fraction of sp³-hybridized carbons (Fsp3) is 0.727. The molecule has 0 spiro atoms. The highest BCUT2D eigenvalue weighted by Gasteiger charge is 2.34. The van der Waals surface area contributed by atoms with Gasteiger partial charge in [-0.3, -0.25) is 10.1 Å². The topological polar surface area (TPSA) is 102 Å². The molecule has 1 saturated heterocycles. The Morgan fingerprint density at radius 3 is 2.95 bits per heavy atom. The van der Waals surface area contributed by atoms with Crippen LogP contribution in [-0.2, 0) is 11.3 Å². The van der Waals surface area contributed by atoms with Gasteiger partial charge in [-0.05, 0) is 13.8 Å². The Hall–Kier alpha value is -1.67. The van der Waals surface area contributed by atoms with E-state index in [2.05, 4.69) is 10.4 Å². The highest BCUT2D eigenvalue weighted by Crippen LogP contribution is 2.29. The molecule has 0 amide bonds. The van der Waals surface area contributed by atoms with Gasteiger partial charge in [-0.1, -0.05) is 0 Å². The van der Waals surface area contributed by atoms with Crippen molar-refractivity contribution < 1.29 is 14.8 Å². The zero-order valence-electron chi connectivity index (χ0n) is 11.0. The van der Waals surface area contributed by atoms with Crippen LogP contribution in [0.1, 0.15) is 19.0 Å². The summed E-state index contributed by atoms with van der Waals surface area (Å²) in [6.07, 6.45) is 0.521. The van der Waals surface area contributed by atoms with Gasteiger partial charge in [0.15, 0.2) is 0 Å². The summed E-state index contributed by atoms with van der Waals surface area (Å²) in [6, 6.07) is 0. The Balaban J connectivity index is 2.20. The van der Waals surface area contributed by atoms with Gasteiger partial charge in [-0.2, -0.15) is 5.10 Å². The lowest BCUT2D eigenvalue weighted by Crippen LogP contribution is -2.37. The lowest BCUT2D eigenvalue weighted by molar-refractivity contribution is -0.384. The quantitative estimate of drug-likeness (QED) is 0.602. The number of aliphatic hydroxyl groups is 1. The van der Waals surface area contributed by atoms with Gasteiger partial charge in [0.1, 0.15) is 11.3 Å². The first-order chi connectivity index (χ1) is 8.97. The van der Waals surface area contributed by atoms with Crippen molar-refractivity contribution in [3.8, 4) is 0 Å². The molecule has 0 radical (unpaired) electrons. The van der Waals surface area contributed by atoms with Crippen LogP contribution in [0.2, 0.25) is 0 Å². The zero-order valence-corrected chi connectivity index (χ0v) is 11.0. The summed E-state index contributed by atoms with van der Waals surface area (Å²) in [7, 11) is 0. The van der Waals surface area contributed by atoms with Crippen molar-refractivity contribution in [1.29, 1.82) is 0 Å². The maximum atomic E-state index is 11.1. The van der Waals surface area contributed by atoms with E-state index in [4.69, 9.17) is 4.74 Å². The molecular weight excluding hydrogens is 252 g/mol. The van der Waals surface area contributed by atoms with E-state index in [0.29, 0.717) is 31.1 Å². The van der Waals surface area contributed by atoms with Gasteiger partial charge in [0.25, 0.3) is 0 Å². The monoisotopic (exact) mass is 270 g/mol. The van der Waals surface area contributed by atoms with E-state index in [1.165, 1.54) is 4.68 Å². The summed E-state index contributed by atoms with van der Waals surface area (Å²) >= 11 is 0. The van der Waals surface area contributed by atoms with E-state index in [1.807, 2.05) is 6.92 Å². The Morgan fingerprint density at radius 1 is 1.68 bits per heavy atom. The summed E-state index contributed by atoms with van der Waals surface area (Å²) in [5, 5.41) is 28.3. The predicted molar refractivity (Wildman–Crippen MR) is 68.2 cm³/mol. The molecule has 2 rings (SSSR count). The highest BCUT2D eigenvalue weighted by molar-refractivity contribution is 5.59. The molecule has 0 aliphatic carbocycles. The van der Waals surface area contributed by atoms with E-state index in [9.17, 15) is 15.2 Å². The molecule has 0 bridgehead atoms. The van der Waals surface area contributed by atoms with Gasteiger partial charge in [0, 0.05) is 26.1 Å². The largest absolute Gasteiger partial charge is 0.386 e. The van der Waals surface area contributed by atoms with Gasteiger partial charge >= 0.3 is 5.69 Å². The minimum atomic E-state index is -0.968. The van der Waals surface area contributed by atoms with E-state index in [-0.39, 0.29) is 18.8 Å². The van der Waals surface area contributed by atoms with Crippen molar-refractivity contribution in [3.05, 3.63) is 15.8 Å². The highest BCUT2D eigenvalue weighted by atomic mass is 16.6. The normalized spacial score (nSPS) is 22.7. The first kappa shape index (κ1) is 13.8. The van der Waals surface area contributed by atoms with Gasteiger partial charge in [0.2, 0.25) is 5.82 Å². The maximum absolute atomic E-state index is 11.1. The van der Waals surface area contributed by atoms with Crippen molar-refractivity contribution in [1.82, 2.24) is 9.78 Å². The first-order valence-corrected chi connectivity index (χ1v) is 6.22. The van der Waals surface area contributed by atoms with E-state index >= 15 is 0 Å². The SMILES string of the molecule is CCn1nc(C)c([N+](=O)[O-])c1NCC1(O)CCOC1. The predicted octanol–water partition coefficient (Wildman–Crippen LogP) is 0.683. The maximum Gasteiger partial charge on any atom is 0.333 e. The van der Waals surface area contributed by atoms with Crippen molar-refractivity contribution in [3.63, 3.8) is 0 Å². The summed E-state index contributed by atoms with van der Waals surface area (Å²) in [6.45, 7) is 4.93. The number of hydrogen-bond donors (Lipinski definition) is 2. The third kappa shape index (κ3) is 2.69. The molecule has 0 aromatic carbocycles. The third-order valence-corrected chi connectivity index (χ3v) is 3.25. The van der Waals surface area contributed by atoms with E-state index in [1.54, 1.807) is 6.92 Å². The smallest absolute Gasteiger partial charge is 0.333 e. The van der Waals surface area contributed by atoms with Crippen LogP contribution in [0.3, 0.4) is 0 Å².